The Bertz CT molecular complexity index is 1040. The lowest BCUT2D eigenvalue weighted by molar-refractivity contribution is 0.0519. The fourth-order valence-electron chi connectivity index (χ4n) is 4.78. The van der Waals surface area contributed by atoms with Gasteiger partial charge in [-0.3, -0.25) is 14.5 Å². The third-order valence-corrected chi connectivity index (χ3v) is 6.50. The van der Waals surface area contributed by atoms with Crippen LogP contribution >= 0.6 is 0 Å². The van der Waals surface area contributed by atoms with Crippen LogP contribution in [0.2, 0.25) is 0 Å². The van der Waals surface area contributed by atoms with Crippen molar-refractivity contribution in [3.63, 3.8) is 0 Å². The molecular weight excluding hydrogens is 444 g/mol. The Morgan fingerprint density at radius 3 is 1.94 bits per heavy atom. The van der Waals surface area contributed by atoms with Crippen molar-refractivity contribution in [3.05, 3.63) is 47.5 Å². The van der Waals surface area contributed by atoms with Crippen LogP contribution in [-0.2, 0) is 4.74 Å². The van der Waals surface area contributed by atoms with E-state index in [1.807, 2.05) is 57.2 Å². The van der Waals surface area contributed by atoms with Crippen LogP contribution in [0.5, 0.6) is 0 Å². The first-order valence-corrected chi connectivity index (χ1v) is 12.5. The van der Waals surface area contributed by atoms with E-state index in [-0.39, 0.29) is 17.9 Å². The van der Waals surface area contributed by atoms with Crippen molar-refractivity contribution in [2.45, 2.75) is 39.2 Å². The number of piperazine rings is 1. The molecule has 0 aliphatic carbocycles. The van der Waals surface area contributed by atoms with Crippen molar-refractivity contribution >= 4 is 28.7 Å². The van der Waals surface area contributed by atoms with E-state index in [9.17, 15) is 14.4 Å². The summed E-state index contributed by atoms with van der Waals surface area (Å²) in [5, 5.41) is 4.52. The maximum absolute atomic E-state index is 13.0. The lowest BCUT2D eigenvalue weighted by atomic mass is 9.94. The fourth-order valence-corrected chi connectivity index (χ4v) is 4.78. The van der Waals surface area contributed by atoms with E-state index in [0.717, 1.165) is 62.9 Å². The molecule has 0 atom stereocenters. The number of alkyl carbamates (subject to hydrolysis) is 1. The van der Waals surface area contributed by atoms with Gasteiger partial charge in [0.1, 0.15) is 5.60 Å². The van der Waals surface area contributed by atoms with Gasteiger partial charge in [0.25, 0.3) is 11.8 Å². The standard InChI is InChI=1S/C27H36N4O4/c1-27(2,3)35-26(34)28-12-6-13-29-16-18-30(19-17-29)14-7-15-31-24(32)21-10-4-8-20-9-5-11-22(23(20)21)25(31)33/h4-5,8-11H,6-7,12-19H2,1-3H3,(H,28,34). The van der Waals surface area contributed by atoms with E-state index < -0.39 is 5.60 Å². The van der Waals surface area contributed by atoms with Gasteiger partial charge in [0, 0.05) is 55.8 Å². The maximum atomic E-state index is 13.0. The monoisotopic (exact) mass is 480 g/mol. The molecule has 1 fully saturated rings. The van der Waals surface area contributed by atoms with Gasteiger partial charge in [0.05, 0.1) is 0 Å². The van der Waals surface area contributed by atoms with E-state index >= 15 is 0 Å². The van der Waals surface area contributed by atoms with Crippen molar-refractivity contribution in [3.8, 4) is 0 Å². The normalized spacial score (nSPS) is 17.2. The van der Waals surface area contributed by atoms with Crippen LogP contribution < -0.4 is 5.32 Å². The van der Waals surface area contributed by atoms with E-state index in [0.29, 0.717) is 24.2 Å². The van der Waals surface area contributed by atoms with Gasteiger partial charge in [0.15, 0.2) is 0 Å². The van der Waals surface area contributed by atoms with Crippen molar-refractivity contribution in [2.24, 2.45) is 0 Å². The Balaban J connectivity index is 1.17. The summed E-state index contributed by atoms with van der Waals surface area (Å²) in [5.74, 6) is -0.381. The SMILES string of the molecule is CC(C)(C)OC(=O)NCCCN1CCN(CCCN2C(=O)c3cccc4cccc(c34)C2=O)CC1. The molecule has 2 aromatic carbocycles. The van der Waals surface area contributed by atoms with Crippen molar-refractivity contribution < 1.29 is 19.1 Å². The zero-order valence-corrected chi connectivity index (χ0v) is 21.0. The highest BCUT2D eigenvalue weighted by atomic mass is 16.6. The molecule has 2 aromatic rings. The van der Waals surface area contributed by atoms with Crippen LogP contribution in [0.15, 0.2) is 36.4 Å². The van der Waals surface area contributed by atoms with Crippen molar-refractivity contribution in [1.82, 2.24) is 20.0 Å². The molecule has 1 N–H and O–H groups in total. The number of imide groups is 1. The first-order chi connectivity index (χ1) is 16.7. The lowest BCUT2D eigenvalue weighted by Gasteiger charge is -2.35. The van der Waals surface area contributed by atoms with Gasteiger partial charge in [-0.25, -0.2) is 4.79 Å². The Hall–Kier alpha value is -2.97. The second-order valence-corrected chi connectivity index (χ2v) is 10.3. The molecule has 0 saturated carbocycles. The Morgan fingerprint density at radius 1 is 0.857 bits per heavy atom. The van der Waals surface area contributed by atoms with E-state index in [4.69, 9.17) is 4.74 Å². The number of carbonyl (C=O) groups excluding carboxylic acids is 3. The van der Waals surface area contributed by atoms with Crippen LogP contribution in [0.25, 0.3) is 10.8 Å². The number of ether oxygens (including phenoxy) is 1. The number of nitrogens with zero attached hydrogens (tertiary/aromatic N) is 3. The van der Waals surface area contributed by atoms with Gasteiger partial charge < -0.3 is 19.9 Å². The summed E-state index contributed by atoms with van der Waals surface area (Å²) in [6.07, 6.45) is 1.27. The Labute approximate surface area is 207 Å². The zero-order chi connectivity index (χ0) is 25.0. The molecule has 0 unspecified atom stereocenters. The topological polar surface area (TPSA) is 82.2 Å². The molecule has 2 aliphatic rings. The summed E-state index contributed by atoms with van der Waals surface area (Å²) in [4.78, 5) is 44.0. The van der Waals surface area contributed by atoms with Gasteiger partial charge in [-0.1, -0.05) is 24.3 Å². The van der Waals surface area contributed by atoms with E-state index in [1.54, 1.807) is 0 Å². The smallest absolute Gasteiger partial charge is 0.407 e. The minimum absolute atomic E-state index is 0.191. The summed E-state index contributed by atoms with van der Waals surface area (Å²) in [7, 11) is 0. The largest absolute Gasteiger partial charge is 0.444 e. The minimum Gasteiger partial charge on any atom is -0.444 e. The molecule has 3 amide bonds. The molecule has 0 spiro atoms. The highest BCUT2D eigenvalue weighted by Gasteiger charge is 2.32. The highest BCUT2D eigenvalue weighted by molar-refractivity contribution is 6.25. The quantitative estimate of drug-likeness (QED) is 0.461. The summed E-state index contributed by atoms with van der Waals surface area (Å²) in [6, 6.07) is 11.3. The molecule has 2 aliphatic heterocycles. The fraction of sp³-hybridized carbons (Fsp3) is 0.519. The maximum Gasteiger partial charge on any atom is 0.407 e. The molecular formula is C27H36N4O4. The number of carbonyl (C=O) groups is 3. The van der Waals surface area contributed by atoms with Gasteiger partial charge in [-0.2, -0.15) is 0 Å². The predicted molar refractivity (Wildman–Crippen MR) is 136 cm³/mol. The number of hydrogen-bond donors (Lipinski definition) is 1. The molecule has 35 heavy (non-hydrogen) atoms. The second kappa shape index (κ2) is 10.7. The lowest BCUT2D eigenvalue weighted by Crippen LogP contribution is -2.48. The zero-order valence-electron chi connectivity index (χ0n) is 21.0. The summed E-state index contributed by atoms with van der Waals surface area (Å²) < 4.78 is 5.25. The number of hydrogen-bond acceptors (Lipinski definition) is 6. The van der Waals surface area contributed by atoms with Crippen LogP contribution in [0.4, 0.5) is 4.79 Å². The van der Waals surface area contributed by atoms with Crippen molar-refractivity contribution in [2.75, 3.05) is 52.4 Å². The van der Waals surface area contributed by atoms with Crippen LogP contribution in [-0.4, -0.2) is 90.6 Å². The van der Waals surface area contributed by atoms with Crippen LogP contribution in [0.1, 0.15) is 54.3 Å². The van der Waals surface area contributed by atoms with Gasteiger partial charge >= 0.3 is 6.09 Å². The van der Waals surface area contributed by atoms with E-state index in [1.165, 1.54) is 4.90 Å². The molecule has 0 aromatic heterocycles. The molecule has 2 heterocycles. The number of nitrogens with one attached hydrogen (secondary N) is 1. The number of rotatable bonds is 8. The van der Waals surface area contributed by atoms with Crippen LogP contribution in [0.3, 0.4) is 0 Å². The molecule has 8 nitrogen and oxygen atoms in total. The first-order valence-electron chi connectivity index (χ1n) is 12.5. The third kappa shape index (κ3) is 6.18. The first kappa shape index (κ1) is 25.1. The molecule has 4 rings (SSSR count). The van der Waals surface area contributed by atoms with E-state index in [2.05, 4.69) is 15.1 Å². The number of benzene rings is 2. The molecule has 0 radical (unpaired) electrons. The van der Waals surface area contributed by atoms with Crippen LogP contribution in [0, 0.1) is 0 Å². The summed E-state index contributed by atoms with van der Waals surface area (Å²) in [6.45, 7) is 12.3. The predicted octanol–water partition coefficient (Wildman–Crippen LogP) is 3.36. The third-order valence-electron chi connectivity index (χ3n) is 6.50. The minimum atomic E-state index is -0.479. The molecule has 1 saturated heterocycles. The Morgan fingerprint density at radius 2 is 1.40 bits per heavy atom. The average Bonchev–Trinajstić information content (AvgIpc) is 2.82. The summed E-state index contributed by atoms with van der Waals surface area (Å²) in [5.41, 5.74) is 0.757. The van der Waals surface area contributed by atoms with Crippen molar-refractivity contribution in [1.29, 1.82) is 0 Å². The van der Waals surface area contributed by atoms with Gasteiger partial charge in [-0.15, -0.1) is 0 Å². The highest BCUT2D eigenvalue weighted by Crippen LogP contribution is 2.30. The molecule has 0 bridgehead atoms. The summed E-state index contributed by atoms with van der Waals surface area (Å²) >= 11 is 0. The van der Waals surface area contributed by atoms with Gasteiger partial charge in [0.2, 0.25) is 0 Å². The average molecular weight is 481 g/mol. The molecule has 188 valence electrons. The second-order valence-electron chi connectivity index (χ2n) is 10.3. The molecule has 8 heteroatoms. The Kier molecular flexibility index (Phi) is 7.72. The number of amides is 3. The van der Waals surface area contributed by atoms with Gasteiger partial charge in [-0.05, 0) is 64.2 Å².